The van der Waals surface area contributed by atoms with E-state index in [1.165, 1.54) is 10.9 Å². The molecular weight excluding hydrogens is 446 g/mol. The first kappa shape index (κ1) is 22.4. The molecule has 162 valence electrons. The van der Waals surface area contributed by atoms with E-state index in [0.717, 1.165) is 31.0 Å². The summed E-state index contributed by atoms with van der Waals surface area (Å²) in [6.07, 6.45) is -0.355. The van der Waals surface area contributed by atoms with E-state index >= 15 is 0 Å². The van der Waals surface area contributed by atoms with Crippen LogP contribution in [0.3, 0.4) is 0 Å². The number of aromatic carboxylic acids is 1. The topological polar surface area (TPSA) is 84.2 Å². The Balaban J connectivity index is 1.56. The van der Waals surface area contributed by atoms with E-state index in [2.05, 4.69) is 10.4 Å². The van der Waals surface area contributed by atoms with Gasteiger partial charge in [0, 0.05) is 18.8 Å². The highest BCUT2D eigenvalue weighted by atomic mass is 35.5. The molecule has 1 aromatic heterocycles. The van der Waals surface area contributed by atoms with E-state index in [1.54, 1.807) is 0 Å². The van der Waals surface area contributed by atoms with Gasteiger partial charge >= 0.3 is 12.1 Å². The molecule has 2 N–H and O–H groups in total. The summed E-state index contributed by atoms with van der Waals surface area (Å²) >= 11 is 11.8. The van der Waals surface area contributed by atoms with Crippen LogP contribution in [0.15, 0.2) is 24.4 Å². The molecule has 1 heterocycles. The largest absolute Gasteiger partial charge is 0.476 e. The van der Waals surface area contributed by atoms with Gasteiger partial charge in [0.05, 0.1) is 21.2 Å². The van der Waals surface area contributed by atoms with Gasteiger partial charge in [-0.05, 0) is 49.8 Å². The number of aromatic nitrogens is 2. The molecule has 1 aromatic carbocycles. The van der Waals surface area contributed by atoms with Gasteiger partial charge in [-0.1, -0.05) is 23.2 Å². The summed E-state index contributed by atoms with van der Waals surface area (Å²) in [7, 11) is 0. The van der Waals surface area contributed by atoms with E-state index in [0.29, 0.717) is 19.4 Å². The minimum Gasteiger partial charge on any atom is -0.476 e. The number of amides is 1. The van der Waals surface area contributed by atoms with E-state index in [4.69, 9.17) is 28.3 Å². The highest BCUT2D eigenvalue weighted by Crippen LogP contribution is 2.32. The highest BCUT2D eigenvalue weighted by Gasteiger charge is 2.32. The number of halogens is 5. The van der Waals surface area contributed by atoms with Gasteiger partial charge < -0.3 is 10.4 Å². The van der Waals surface area contributed by atoms with E-state index < -0.39 is 23.6 Å². The van der Waals surface area contributed by atoms with Crippen molar-refractivity contribution in [3.63, 3.8) is 0 Å². The Labute approximate surface area is 180 Å². The molecule has 1 amide bonds. The first-order valence-electron chi connectivity index (χ1n) is 9.18. The number of nitrogens with one attached hydrogen (secondary N) is 1. The van der Waals surface area contributed by atoms with Gasteiger partial charge in [-0.2, -0.15) is 18.3 Å². The molecule has 1 fully saturated rings. The molecule has 3 rings (SSSR count). The number of carbonyl (C=O) groups is 2. The van der Waals surface area contributed by atoms with Crippen LogP contribution in [0.1, 0.15) is 52.1 Å². The lowest BCUT2D eigenvalue weighted by Gasteiger charge is -2.29. The fraction of sp³-hybridized carbons (Fsp3) is 0.421. The highest BCUT2D eigenvalue weighted by molar-refractivity contribution is 6.34. The fourth-order valence-electron chi connectivity index (χ4n) is 3.53. The number of hydrogen-bond donors (Lipinski definition) is 2. The molecule has 1 aliphatic carbocycles. The number of carboxylic acid groups (broad SMARTS) is 1. The first-order chi connectivity index (χ1) is 14.0. The van der Waals surface area contributed by atoms with Gasteiger partial charge in [-0.15, -0.1) is 0 Å². The predicted molar refractivity (Wildman–Crippen MR) is 104 cm³/mol. The number of alkyl halides is 3. The number of carbonyl (C=O) groups excluding carboxylic acids is 1. The molecule has 2 aromatic rings. The predicted octanol–water partition coefficient (Wildman–Crippen LogP) is 4.90. The van der Waals surface area contributed by atoms with Crippen LogP contribution in [-0.4, -0.2) is 32.8 Å². The number of rotatable bonds is 5. The molecule has 11 heteroatoms. The van der Waals surface area contributed by atoms with Crippen molar-refractivity contribution in [1.29, 1.82) is 0 Å². The summed E-state index contributed by atoms with van der Waals surface area (Å²) in [5.41, 5.74) is -1.34. The van der Waals surface area contributed by atoms with Crippen molar-refractivity contribution in [3.05, 3.63) is 51.3 Å². The normalized spacial score (nSPS) is 19.5. The Morgan fingerprint density at radius 3 is 2.40 bits per heavy atom. The maximum atomic E-state index is 12.9. The van der Waals surface area contributed by atoms with Crippen molar-refractivity contribution in [2.75, 3.05) is 0 Å². The maximum Gasteiger partial charge on any atom is 0.416 e. The lowest BCUT2D eigenvalue weighted by atomic mass is 9.86. The standard InChI is InChI=1S/C19H18Cl2F3N3O3/c20-14-6-3-11(19(22,23)24)7-13(14)17(28)25-12-4-1-10(2-5-12)8-27-9-15(21)16(26-27)18(29)30/h3,6-7,9-10,12H,1-2,4-5,8H2,(H,25,28)(H,29,30). The fourth-order valence-corrected chi connectivity index (χ4v) is 3.96. The average molecular weight is 464 g/mol. The Morgan fingerprint density at radius 2 is 1.83 bits per heavy atom. The molecule has 6 nitrogen and oxygen atoms in total. The van der Waals surface area contributed by atoms with Gasteiger partial charge in [0.1, 0.15) is 0 Å². The van der Waals surface area contributed by atoms with Gasteiger partial charge in [0.15, 0.2) is 5.69 Å². The lowest BCUT2D eigenvalue weighted by Crippen LogP contribution is -2.38. The van der Waals surface area contributed by atoms with Gasteiger partial charge in [-0.3, -0.25) is 9.48 Å². The van der Waals surface area contributed by atoms with E-state index in [-0.39, 0.29) is 33.3 Å². The molecule has 30 heavy (non-hydrogen) atoms. The van der Waals surface area contributed by atoms with Gasteiger partial charge in [0.2, 0.25) is 0 Å². The number of nitrogens with zero attached hydrogens (tertiary/aromatic N) is 2. The zero-order chi connectivity index (χ0) is 22.1. The number of hydrogen-bond acceptors (Lipinski definition) is 3. The van der Waals surface area contributed by atoms with Crippen molar-refractivity contribution >= 4 is 35.1 Å². The maximum absolute atomic E-state index is 12.9. The van der Waals surface area contributed by atoms with Gasteiger partial charge in [0.25, 0.3) is 5.91 Å². The summed E-state index contributed by atoms with van der Waals surface area (Å²) in [6.45, 7) is 0.493. The monoisotopic (exact) mass is 463 g/mol. The third-order valence-electron chi connectivity index (χ3n) is 5.09. The molecule has 0 radical (unpaired) electrons. The molecule has 1 aliphatic rings. The molecule has 1 saturated carbocycles. The quantitative estimate of drug-likeness (QED) is 0.660. The van der Waals surface area contributed by atoms with Crippen molar-refractivity contribution in [1.82, 2.24) is 15.1 Å². The molecular formula is C19H18Cl2F3N3O3. The third-order valence-corrected chi connectivity index (χ3v) is 5.69. The van der Waals surface area contributed by atoms with Crippen LogP contribution in [0.4, 0.5) is 13.2 Å². The third kappa shape index (κ3) is 5.26. The first-order valence-corrected chi connectivity index (χ1v) is 9.94. The van der Waals surface area contributed by atoms with Crippen LogP contribution in [0.5, 0.6) is 0 Å². The SMILES string of the molecule is O=C(NC1CCC(Cn2cc(Cl)c(C(=O)O)n2)CC1)c1cc(C(F)(F)F)ccc1Cl. The average Bonchev–Trinajstić information content (AvgIpc) is 3.03. The Morgan fingerprint density at radius 1 is 1.17 bits per heavy atom. The van der Waals surface area contributed by atoms with Crippen LogP contribution >= 0.6 is 23.2 Å². The van der Waals surface area contributed by atoms with Crippen LogP contribution in [0, 0.1) is 5.92 Å². The second-order valence-corrected chi connectivity index (χ2v) is 8.05. The lowest BCUT2D eigenvalue weighted by molar-refractivity contribution is -0.137. The van der Waals surface area contributed by atoms with Crippen molar-refractivity contribution < 1.29 is 27.9 Å². The van der Waals surface area contributed by atoms with Crippen LogP contribution in [0.25, 0.3) is 0 Å². The van der Waals surface area contributed by atoms with E-state index in [1.807, 2.05) is 0 Å². The zero-order valence-electron chi connectivity index (χ0n) is 15.5. The second-order valence-electron chi connectivity index (χ2n) is 7.24. The van der Waals surface area contributed by atoms with E-state index in [9.17, 15) is 22.8 Å². The summed E-state index contributed by atoms with van der Waals surface area (Å²) in [5, 5.41) is 15.7. The molecule has 0 unspecified atom stereocenters. The number of carboxylic acids is 1. The summed E-state index contributed by atoms with van der Waals surface area (Å²) in [4.78, 5) is 23.5. The van der Waals surface area contributed by atoms with Crippen molar-refractivity contribution in [2.24, 2.45) is 5.92 Å². The Bertz CT molecular complexity index is 954. The van der Waals surface area contributed by atoms with Crippen LogP contribution in [-0.2, 0) is 12.7 Å². The minimum absolute atomic E-state index is 0.0426. The Hall–Kier alpha value is -2.26. The molecule has 0 aliphatic heterocycles. The minimum atomic E-state index is -4.56. The van der Waals surface area contributed by atoms with Crippen molar-refractivity contribution in [2.45, 2.75) is 44.4 Å². The van der Waals surface area contributed by atoms with Crippen LogP contribution in [0.2, 0.25) is 10.0 Å². The van der Waals surface area contributed by atoms with Gasteiger partial charge in [-0.25, -0.2) is 4.79 Å². The van der Waals surface area contributed by atoms with Crippen LogP contribution < -0.4 is 5.32 Å². The molecule has 0 saturated heterocycles. The zero-order valence-corrected chi connectivity index (χ0v) is 17.1. The number of benzene rings is 1. The molecule has 0 bridgehead atoms. The summed E-state index contributed by atoms with van der Waals surface area (Å²) in [5.74, 6) is -1.62. The summed E-state index contributed by atoms with van der Waals surface area (Å²) < 4.78 is 40.2. The molecule has 0 atom stereocenters. The molecule has 0 spiro atoms. The smallest absolute Gasteiger partial charge is 0.416 e. The Kier molecular flexibility index (Phi) is 6.62. The summed E-state index contributed by atoms with van der Waals surface area (Å²) in [6, 6.07) is 2.47. The second kappa shape index (κ2) is 8.85. The van der Waals surface area contributed by atoms with Crippen molar-refractivity contribution in [3.8, 4) is 0 Å².